The minimum absolute atomic E-state index is 0.0805. The first-order chi connectivity index (χ1) is 7.02. The van der Waals surface area contributed by atoms with E-state index in [2.05, 4.69) is 11.8 Å². The molecule has 0 heterocycles. The third-order valence-corrected chi connectivity index (χ3v) is 1.91. The highest BCUT2D eigenvalue weighted by molar-refractivity contribution is 5.76. The van der Waals surface area contributed by atoms with E-state index in [4.69, 9.17) is 11.5 Å². The predicted molar refractivity (Wildman–Crippen MR) is 56.2 cm³/mol. The van der Waals surface area contributed by atoms with E-state index < -0.39 is 11.7 Å². The molecule has 1 rings (SSSR count). The third-order valence-electron chi connectivity index (χ3n) is 1.91. The van der Waals surface area contributed by atoms with Crippen molar-refractivity contribution in [1.29, 1.82) is 0 Å². The summed E-state index contributed by atoms with van der Waals surface area (Å²) in [4.78, 5) is 10.4. The van der Waals surface area contributed by atoms with Gasteiger partial charge in [-0.3, -0.25) is 4.79 Å². The van der Waals surface area contributed by atoms with Crippen LogP contribution >= 0.6 is 0 Å². The van der Waals surface area contributed by atoms with Gasteiger partial charge in [0.2, 0.25) is 5.91 Å². The van der Waals surface area contributed by atoms with Crippen molar-refractivity contribution in [2.75, 3.05) is 5.73 Å². The summed E-state index contributed by atoms with van der Waals surface area (Å²) in [5.41, 5.74) is 11.4. The Morgan fingerprint density at radius 1 is 1.53 bits per heavy atom. The van der Waals surface area contributed by atoms with E-state index in [1.165, 1.54) is 6.07 Å². The molecular formula is C11H11FN2O. The molecule has 0 radical (unpaired) electrons. The van der Waals surface area contributed by atoms with Gasteiger partial charge in [-0.25, -0.2) is 4.39 Å². The molecule has 4 N–H and O–H groups in total. The summed E-state index contributed by atoms with van der Waals surface area (Å²) in [6.45, 7) is 1.57. The van der Waals surface area contributed by atoms with Crippen LogP contribution in [0.15, 0.2) is 12.1 Å². The fraction of sp³-hybridized carbons (Fsp3) is 0.182. The molecule has 3 nitrogen and oxygen atoms in total. The van der Waals surface area contributed by atoms with E-state index in [1.807, 2.05) is 0 Å². The summed E-state index contributed by atoms with van der Waals surface area (Å²) >= 11 is 0. The second kappa shape index (κ2) is 4.47. The zero-order valence-corrected chi connectivity index (χ0v) is 8.30. The number of primary amides is 1. The van der Waals surface area contributed by atoms with Gasteiger partial charge in [-0.15, -0.1) is 0 Å². The number of hydrogen-bond acceptors (Lipinski definition) is 2. The second-order valence-corrected chi connectivity index (χ2v) is 3.09. The summed E-state index contributed by atoms with van der Waals surface area (Å²) in [6, 6.07) is 3.05. The van der Waals surface area contributed by atoms with Crippen LogP contribution in [0.4, 0.5) is 10.1 Å². The van der Waals surface area contributed by atoms with Crippen molar-refractivity contribution < 1.29 is 9.18 Å². The number of anilines is 1. The molecule has 0 aliphatic carbocycles. The smallest absolute Gasteiger partial charge is 0.229 e. The van der Waals surface area contributed by atoms with E-state index in [1.54, 1.807) is 13.0 Å². The van der Waals surface area contributed by atoms with Crippen molar-refractivity contribution in [3.63, 3.8) is 0 Å². The Morgan fingerprint density at radius 2 is 2.20 bits per heavy atom. The Bertz CT molecular complexity index is 458. The van der Waals surface area contributed by atoms with Crippen LogP contribution in [0.3, 0.4) is 0 Å². The lowest BCUT2D eigenvalue weighted by Crippen LogP contribution is -2.08. The number of halogens is 1. The Balaban J connectivity index is 3.00. The van der Waals surface area contributed by atoms with Crippen molar-refractivity contribution >= 4 is 11.6 Å². The molecule has 0 aliphatic rings. The maximum atomic E-state index is 13.5. The van der Waals surface area contributed by atoms with Gasteiger partial charge in [0.15, 0.2) is 0 Å². The number of carbonyl (C=O) groups is 1. The van der Waals surface area contributed by atoms with Gasteiger partial charge in [-0.1, -0.05) is 11.8 Å². The average Bonchev–Trinajstić information content (AvgIpc) is 2.18. The largest absolute Gasteiger partial charge is 0.398 e. The molecule has 0 aromatic heterocycles. The Kier molecular flexibility index (Phi) is 3.29. The minimum atomic E-state index is -0.532. The lowest BCUT2D eigenvalue weighted by molar-refractivity contribution is -0.117. The van der Waals surface area contributed by atoms with Crippen LogP contribution in [0, 0.1) is 24.6 Å². The molecule has 0 atom stereocenters. The highest BCUT2D eigenvalue weighted by Crippen LogP contribution is 2.17. The number of amides is 1. The molecule has 0 saturated heterocycles. The van der Waals surface area contributed by atoms with Gasteiger partial charge in [0.25, 0.3) is 0 Å². The van der Waals surface area contributed by atoms with Gasteiger partial charge in [-0.2, -0.15) is 0 Å². The first-order valence-electron chi connectivity index (χ1n) is 4.34. The first kappa shape index (κ1) is 11.1. The Labute approximate surface area is 87.3 Å². The van der Waals surface area contributed by atoms with Crippen LogP contribution in [-0.4, -0.2) is 5.91 Å². The molecule has 0 saturated carbocycles. The average molecular weight is 206 g/mol. The summed E-state index contributed by atoms with van der Waals surface area (Å²) in [5.74, 6) is 4.03. The first-order valence-corrected chi connectivity index (χ1v) is 4.34. The minimum Gasteiger partial charge on any atom is -0.398 e. The number of nitrogens with two attached hydrogens (primary N) is 2. The molecule has 1 aromatic carbocycles. The molecule has 0 unspecified atom stereocenters. The van der Waals surface area contributed by atoms with Gasteiger partial charge in [0.05, 0.1) is 12.0 Å². The number of carbonyl (C=O) groups excluding carboxylic acids is 1. The molecule has 0 spiro atoms. The molecule has 0 bridgehead atoms. The molecule has 0 fully saturated rings. The standard InChI is InChI=1S/C11H11FN2O/c1-7-9(13)6-5-8(11(7)12)3-2-4-10(14)15/h5-6H,4,13H2,1H3,(H2,14,15). The predicted octanol–water partition coefficient (Wildman–Crippen LogP) is 0.943. The van der Waals surface area contributed by atoms with E-state index in [0.717, 1.165) is 0 Å². The van der Waals surface area contributed by atoms with Crippen molar-refractivity contribution in [1.82, 2.24) is 0 Å². The lowest BCUT2D eigenvalue weighted by Gasteiger charge is -2.02. The van der Waals surface area contributed by atoms with E-state index >= 15 is 0 Å². The van der Waals surface area contributed by atoms with E-state index in [-0.39, 0.29) is 12.0 Å². The van der Waals surface area contributed by atoms with Crippen LogP contribution < -0.4 is 11.5 Å². The maximum Gasteiger partial charge on any atom is 0.229 e. The summed E-state index contributed by atoms with van der Waals surface area (Å²) in [7, 11) is 0. The summed E-state index contributed by atoms with van der Waals surface area (Å²) in [5, 5.41) is 0. The van der Waals surface area contributed by atoms with Crippen molar-refractivity contribution in [3.8, 4) is 11.8 Å². The van der Waals surface area contributed by atoms with Gasteiger partial charge < -0.3 is 11.5 Å². The molecule has 1 amide bonds. The number of nitrogen functional groups attached to an aromatic ring is 1. The number of rotatable bonds is 1. The van der Waals surface area contributed by atoms with Crippen LogP contribution in [0.5, 0.6) is 0 Å². The zero-order valence-electron chi connectivity index (χ0n) is 8.30. The zero-order chi connectivity index (χ0) is 11.4. The van der Waals surface area contributed by atoms with Crippen LogP contribution in [-0.2, 0) is 4.79 Å². The van der Waals surface area contributed by atoms with Crippen molar-refractivity contribution in [2.45, 2.75) is 13.3 Å². The number of hydrogen-bond donors (Lipinski definition) is 2. The summed E-state index contributed by atoms with van der Waals surface area (Å²) < 4.78 is 13.5. The molecule has 4 heteroatoms. The van der Waals surface area contributed by atoms with Crippen molar-refractivity contribution in [3.05, 3.63) is 29.1 Å². The van der Waals surface area contributed by atoms with Gasteiger partial charge in [0.1, 0.15) is 5.82 Å². The lowest BCUT2D eigenvalue weighted by atomic mass is 10.1. The molecule has 78 valence electrons. The van der Waals surface area contributed by atoms with Gasteiger partial charge in [-0.05, 0) is 19.1 Å². The highest BCUT2D eigenvalue weighted by Gasteiger charge is 2.05. The quantitative estimate of drug-likeness (QED) is 0.530. The third kappa shape index (κ3) is 2.71. The molecular weight excluding hydrogens is 195 g/mol. The van der Waals surface area contributed by atoms with Crippen LogP contribution in [0.1, 0.15) is 17.5 Å². The Morgan fingerprint density at radius 3 is 2.80 bits per heavy atom. The van der Waals surface area contributed by atoms with Crippen molar-refractivity contribution in [2.24, 2.45) is 5.73 Å². The normalized spacial score (nSPS) is 9.20. The SMILES string of the molecule is Cc1c(N)ccc(C#CCC(N)=O)c1F. The number of benzene rings is 1. The Hall–Kier alpha value is -2.02. The van der Waals surface area contributed by atoms with Gasteiger partial charge >= 0.3 is 0 Å². The molecule has 1 aromatic rings. The monoisotopic (exact) mass is 206 g/mol. The maximum absolute atomic E-state index is 13.5. The fourth-order valence-electron chi connectivity index (χ4n) is 1.02. The molecule has 0 aliphatic heterocycles. The summed E-state index contributed by atoms with van der Waals surface area (Å²) in [6.07, 6.45) is -0.0805. The fourth-order valence-corrected chi connectivity index (χ4v) is 1.02. The van der Waals surface area contributed by atoms with E-state index in [9.17, 15) is 9.18 Å². The van der Waals surface area contributed by atoms with Gasteiger partial charge in [0, 0.05) is 11.3 Å². The highest BCUT2D eigenvalue weighted by atomic mass is 19.1. The van der Waals surface area contributed by atoms with E-state index in [0.29, 0.717) is 11.3 Å². The van der Waals surface area contributed by atoms with Crippen LogP contribution in [0.2, 0.25) is 0 Å². The molecule has 15 heavy (non-hydrogen) atoms. The second-order valence-electron chi connectivity index (χ2n) is 3.09. The topological polar surface area (TPSA) is 69.1 Å². The van der Waals surface area contributed by atoms with Crippen LogP contribution in [0.25, 0.3) is 0 Å².